The highest BCUT2D eigenvalue weighted by Crippen LogP contribution is 2.42. The molecule has 7 nitrogen and oxygen atoms in total. The molecule has 0 aromatic carbocycles. The topological polar surface area (TPSA) is 84.9 Å². The Morgan fingerprint density at radius 3 is 2.00 bits per heavy atom. The molecule has 0 aliphatic rings. The zero-order valence-corrected chi connectivity index (χ0v) is 12.5. The van der Waals surface area contributed by atoms with Gasteiger partial charge in [-0.2, -0.15) is 0 Å². The highest BCUT2D eigenvalue weighted by molar-refractivity contribution is 7.58. The van der Waals surface area contributed by atoms with Gasteiger partial charge in [0.1, 0.15) is 12.1 Å². The lowest BCUT2D eigenvalue weighted by Crippen LogP contribution is -2.41. The largest absolute Gasteiger partial charge is 0.468 e. The first-order chi connectivity index (χ1) is 8.17. The minimum absolute atomic E-state index is 0.493. The summed E-state index contributed by atoms with van der Waals surface area (Å²) in [4.78, 5) is 22.6. The van der Waals surface area contributed by atoms with Gasteiger partial charge < -0.3 is 9.47 Å². The van der Waals surface area contributed by atoms with Gasteiger partial charge in [-0.1, -0.05) is 0 Å². The molecule has 0 aromatic rings. The minimum Gasteiger partial charge on any atom is -0.468 e. The molecule has 1 unspecified atom stereocenters. The van der Waals surface area contributed by atoms with Gasteiger partial charge in [0.05, 0.1) is 14.2 Å². The minimum atomic E-state index is -3.05. The van der Waals surface area contributed by atoms with Crippen LogP contribution in [0.5, 0.6) is 0 Å². The first-order valence-electron chi connectivity index (χ1n) is 5.41. The van der Waals surface area contributed by atoms with E-state index in [0.717, 1.165) is 0 Å². The Labute approximate surface area is 107 Å². The average Bonchev–Trinajstić information content (AvgIpc) is 2.34. The number of rotatable bonds is 6. The molecule has 0 amide bonds. The highest BCUT2D eigenvalue weighted by atomic mass is 31.2. The summed E-state index contributed by atoms with van der Waals surface area (Å²) in [6, 6.07) is -1.40. The van der Waals surface area contributed by atoms with Crippen LogP contribution in [0.3, 0.4) is 0 Å². The summed E-state index contributed by atoms with van der Waals surface area (Å²) >= 11 is 0. The number of carbonyl (C=O) groups is 2. The van der Waals surface area contributed by atoms with Crippen molar-refractivity contribution in [3.05, 3.63) is 0 Å². The first-order valence-corrected chi connectivity index (χ1v) is 7.52. The summed E-state index contributed by atoms with van der Waals surface area (Å²) < 4.78 is 22.9. The molecular formula is C10H21N2O5P. The third kappa shape index (κ3) is 4.40. The van der Waals surface area contributed by atoms with E-state index in [0.29, 0.717) is 0 Å². The quantitative estimate of drug-likeness (QED) is 0.558. The molecule has 0 aliphatic heterocycles. The summed E-state index contributed by atoms with van der Waals surface area (Å²) in [5.41, 5.74) is 0. The number of ether oxygens (including phenoxy) is 2. The van der Waals surface area contributed by atoms with E-state index in [1.165, 1.54) is 32.6 Å². The molecule has 8 heteroatoms. The number of hydrogen-bond donors (Lipinski definition) is 1. The normalized spacial score (nSPS) is 17.7. The van der Waals surface area contributed by atoms with Gasteiger partial charge in [0, 0.05) is 6.66 Å². The van der Waals surface area contributed by atoms with Crippen LogP contribution in [-0.2, 0) is 23.6 Å². The number of carbonyl (C=O) groups excluding carboxylic acids is 2. The maximum atomic E-state index is 12.4. The lowest BCUT2D eigenvalue weighted by molar-refractivity contribution is -0.144. The standard InChI is InChI=1S/C10H21N2O5P/c1-7(9(13)16-4)11-18(6,15)12(3)8(2)10(14)17-5/h7-8H,1-6H3,(H,11,15)/t7-,8-,18?/m0/s1. The lowest BCUT2D eigenvalue weighted by atomic mass is 10.3. The zero-order chi connectivity index (χ0) is 14.5. The molecule has 0 saturated heterocycles. The monoisotopic (exact) mass is 280 g/mol. The van der Waals surface area contributed by atoms with Crippen LogP contribution >= 0.6 is 7.44 Å². The van der Waals surface area contributed by atoms with Crippen molar-refractivity contribution in [2.45, 2.75) is 25.9 Å². The van der Waals surface area contributed by atoms with Crippen LogP contribution in [0.15, 0.2) is 0 Å². The second-order valence-corrected chi connectivity index (χ2v) is 6.67. The molecule has 0 rings (SSSR count). The second kappa shape index (κ2) is 6.87. The third-order valence-corrected chi connectivity index (χ3v) is 5.11. The fourth-order valence-corrected chi connectivity index (χ4v) is 3.09. The van der Waals surface area contributed by atoms with Crippen molar-refractivity contribution in [1.82, 2.24) is 9.76 Å². The zero-order valence-electron chi connectivity index (χ0n) is 11.6. The summed E-state index contributed by atoms with van der Waals surface area (Å²) in [6.45, 7) is 4.55. The fraction of sp³-hybridized carbons (Fsp3) is 0.800. The Morgan fingerprint density at radius 2 is 1.61 bits per heavy atom. The number of nitrogens with one attached hydrogen (secondary N) is 1. The fourth-order valence-electron chi connectivity index (χ4n) is 1.33. The number of likely N-dealkylation sites (N-methyl/N-ethyl adjacent to an activating group) is 1. The molecule has 0 saturated carbocycles. The Hall–Kier alpha value is -0.910. The molecule has 3 atom stereocenters. The third-order valence-electron chi connectivity index (χ3n) is 2.69. The van der Waals surface area contributed by atoms with Crippen LogP contribution in [0.1, 0.15) is 13.8 Å². The van der Waals surface area contributed by atoms with E-state index in [4.69, 9.17) is 0 Å². The Morgan fingerprint density at radius 1 is 1.17 bits per heavy atom. The van der Waals surface area contributed by atoms with Crippen molar-refractivity contribution in [2.24, 2.45) is 0 Å². The van der Waals surface area contributed by atoms with Crippen molar-refractivity contribution in [3.63, 3.8) is 0 Å². The van der Waals surface area contributed by atoms with Crippen LogP contribution in [-0.4, -0.2) is 56.6 Å². The summed E-state index contributed by atoms with van der Waals surface area (Å²) in [6.07, 6.45) is 0. The van der Waals surface area contributed by atoms with Gasteiger partial charge in [-0.05, 0) is 20.9 Å². The van der Waals surface area contributed by atoms with Crippen LogP contribution in [0.2, 0.25) is 0 Å². The SMILES string of the molecule is COC(=O)[C@H](C)NP(C)(=O)N(C)[C@@H](C)C(=O)OC. The molecule has 0 aliphatic carbocycles. The van der Waals surface area contributed by atoms with Gasteiger partial charge in [-0.15, -0.1) is 0 Å². The Kier molecular flexibility index (Phi) is 6.52. The van der Waals surface area contributed by atoms with Gasteiger partial charge in [-0.3, -0.25) is 14.2 Å². The average molecular weight is 280 g/mol. The van der Waals surface area contributed by atoms with Crippen LogP contribution in [0.4, 0.5) is 0 Å². The Bertz CT molecular complexity index is 360. The van der Waals surface area contributed by atoms with E-state index in [9.17, 15) is 14.2 Å². The van der Waals surface area contributed by atoms with E-state index < -0.39 is 31.5 Å². The van der Waals surface area contributed by atoms with Gasteiger partial charge in [0.2, 0.25) is 7.44 Å². The summed E-state index contributed by atoms with van der Waals surface area (Å²) in [5, 5.41) is 2.67. The number of hydrogen-bond acceptors (Lipinski definition) is 5. The summed E-state index contributed by atoms with van der Waals surface area (Å²) in [5.74, 6) is -1.01. The number of nitrogens with zero attached hydrogens (tertiary/aromatic N) is 1. The molecule has 0 bridgehead atoms. The maximum absolute atomic E-state index is 12.4. The van der Waals surface area contributed by atoms with Gasteiger partial charge in [-0.25, -0.2) is 9.76 Å². The van der Waals surface area contributed by atoms with E-state index in [-0.39, 0.29) is 0 Å². The lowest BCUT2D eigenvalue weighted by Gasteiger charge is -2.30. The van der Waals surface area contributed by atoms with Crippen molar-refractivity contribution in [2.75, 3.05) is 27.9 Å². The maximum Gasteiger partial charge on any atom is 0.323 e. The van der Waals surface area contributed by atoms with Crippen molar-refractivity contribution >= 4 is 19.4 Å². The number of methoxy groups -OCH3 is 2. The molecule has 1 N–H and O–H groups in total. The molecule has 0 fully saturated rings. The Balaban J connectivity index is 4.77. The molecular weight excluding hydrogens is 259 g/mol. The molecule has 0 radical (unpaired) electrons. The smallest absolute Gasteiger partial charge is 0.323 e. The predicted molar refractivity (Wildman–Crippen MR) is 67.4 cm³/mol. The molecule has 0 aromatic heterocycles. The number of esters is 2. The van der Waals surface area contributed by atoms with Crippen molar-refractivity contribution < 1.29 is 23.6 Å². The van der Waals surface area contributed by atoms with Gasteiger partial charge >= 0.3 is 11.9 Å². The van der Waals surface area contributed by atoms with E-state index in [1.807, 2.05) is 0 Å². The summed E-state index contributed by atoms with van der Waals surface area (Å²) in [7, 11) is 0.992. The molecule has 18 heavy (non-hydrogen) atoms. The van der Waals surface area contributed by atoms with Crippen LogP contribution in [0.25, 0.3) is 0 Å². The highest BCUT2D eigenvalue weighted by Gasteiger charge is 2.33. The van der Waals surface area contributed by atoms with E-state index in [1.54, 1.807) is 13.8 Å². The second-order valence-electron chi connectivity index (χ2n) is 4.03. The molecule has 0 heterocycles. The van der Waals surface area contributed by atoms with Crippen LogP contribution < -0.4 is 5.09 Å². The molecule has 106 valence electrons. The van der Waals surface area contributed by atoms with Crippen molar-refractivity contribution in [3.8, 4) is 0 Å². The van der Waals surface area contributed by atoms with Gasteiger partial charge in [0.15, 0.2) is 0 Å². The molecule has 0 spiro atoms. The van der Waals surface area contributed by atoms with E-state index in [2.05, 4.69) is 14.6 Å². The van der Waals surface area contributed by atoms with E-state index >= 15 is 0 Å². The van der Waals surface area contributed by atoms with Crippen molar-refractivity contribution in [1.29, 1.82) is 0 Å². The predicted octanol–water partition coefficient (Wildman–Crippen LogP) is 0.454. The van der Waals surface area contributed by atoms with Gasteiger partial charge in [0.25, 0.3) is 0 Å². The first kappa shape index (κ1) is 17.1. The van der Waals surface area contributed by atoms with Crippen LogP contribution in [0, 0.1) is 0 Å².